The number of aryl methyl sites for hydroxylation is 1. The Kier molecular flexibility index (Phi) is 7.50. The number of rotatable bonds is 8. The molecule has 0 spiro atoms. The van der Waals surface area contributed by atoms with E-state index in [0.717, 1.165) is 22.4 Å². The van der Waals surface area contributed by atoms with Crippen LogP contribution >= 0.6 is 23.2 Å². The van der Waals surface area contributed by atoms with E-state index in [0.29, 0.717) is 28.2 Å². The summed E-state index contributed by atoms with van der Waals surface area (Å²) in [6, 6.07) is 15.2. The van der Waals surface area contributed by atoms with Crippen molar-refractivity contribution in [1.29, 1.82) is 0 Å². The Morgan fingerprint density at radius 2 is 1.77 bits per heavy atom. The normalized spacial score (nSPS) is 11.0. The number of nitro groups is 1. The van der Waals surface area contributed by atoms with Crippen LogP contribution in [0.1, 0.15) is 23.6 Å². The van der Waals surface area contributed by atoms with Crippen LogP contribution in [0.5, 0.6) is 11.5 Å². The first-order valence-corrected chi connectivity index (χ1v) is 10.3. The lowest BCUT2D eigenvalue weighted by atomic mass is 10.2. The first-order chi connectivity index (χ1) is 14.9. The molecule has 0 radical (unpaired) electrons. The van der Waals surface area contributed by atoms with Gasteiger partial charge in [0.2, 0.25) is 0 Å². The molecular formula is C23H20Cl2N2O4. The van der Waals surface area contributed by atoms with Crippen LogP contribution in [0.25, 0.3) is 0 Å². The summed E-state index contributed by atoms with van der Waals surface area (Å²) in [6.07, 6.45) is 1.68. The van der Waals surface area contributed by atoms with Gasteiger partial charge in [-0.15, -0.1) is 0 Å². The van der Waals surface area contributed by atoms with Gasteiger partial charge in [-0.1, -0.05) is 29.3 Å². The van der Waals surface area contributed by atoms with Crippen LogP contribution < -0.4 is 9.47 Å². The second-order valence-corrected chi connectivity index (χ2v) is 7.48. The number of non-ortho nitro benzene ring substituents is 1. The summed E-state index contributed by atoms with van der Waals surface area (Å²) < 4.78 is 11.6. The van der Waals surface area contributed by atoms with Gasteiger partial charge in [0.25, 0.3) is 5.69 Å². The lowest BCUT2D eigenvalue weighted by molar-refractivity contribution is -0.384. The average Bonchev–Trinajstić information content (AvgIpc) is 2.74. The zero-order valence-electron chi connectivity index (χ0n) is 17.0. The highest BCUT2D eigenvalue weighted by Gasteiger charge is 2.13. The fraction of sp³-hybridized carbons (Fsp3) is 0.174. The van der Waals surface area contributed by atoms with Crippen molar-refractivity contribution in [2.75, 3.05) is 6.61 Å². The summed E-state index contributed by atoms with van der Waals surface area (Å²) in [5.74, 6) is 0.887. The molecule has 3 aromatic rings. The van der Waals surface area contributed by atoms with Crippen molar-refractivity contribution < 1.29 is 14.4 Å². The highest BCUT2D eigenvalue weighted by Crippen LogP contribution is 2.37. The fourth-order valence-corrected chi connectivity index (χ4v) is 3.19. The maximum absolute atomic E-state index is 10.8. The Bertz CT molecular complexity index is 1120. The van der Waals surface area contributed by atoms with Gasteiger partial charge in [0, 0.05) is 23.4 Å². The Hall–Kier alpha value is -3.09. The van der Waals surface area contributed by atoms with Crippen molar-refractivity contribution in [1.82, 2.24) is 0 Å². The van der Waals surface area contributed by atoms with E-state index < -0.39 is 4.92 Å². The Balaban J connectivity index is 1.80. The second-order valence-electron chi connectivity index (χ2n) is 6.67. The standard InChI is InChI=1S/C23H20Cl2N2O4/c1-3-30-22-11-17(13-26-18-7-4-15(2)20(24)12-18)10-21(25)23(22)31-14-16-5-8-19(9-6-16)27(28)29/h4-13H,3,14H2,1-2H3. The van der Waals surface area contributed by atoms with E-state index >= 15 is 0 Å². The Morgan fingerprint density at radius 3 is 2.42 bits per heavy atom. The number of hydrogen-bond acceptors (Lipinski definition) is 5. The summed E-state index contributed by atoms with van der Waals surface area (Å²) in [7, 11) is 0. The molecule has 0 heterocycles. The molecule has 0 aliphatic carbocycles. The molecule has 0 saturated carbocycles. The van der Waals surface area contributed by atoms with Crippen LogP contribution in [0.4, 0.5) is 11.4 Å². The summed E-state index contributed by atoms with van der Waals surface area (Å²) in [5.41, 5.74) is 3.24. The van der Waals surface area contributed by atoms with Crippen molar-refractivity contribution in [3.8, 4) is 11.5 Å². The number of ether oxygens (including phenoxy) is 2. The van der Waals surface area contributed by atoms with E-state index in [-0.39, 0.29) is 12.3 Å². The summed E-state index contributed by atoms with van der Waals surface area (Å²) >= 11 is 12.6. The molecule has 0 unspecified atom stereocenters. The van der Waals surface area contributed by atoms with Gasteiger partial charge in [0.1, 0.15) is 6.61 Å². The van der Waals surface area contributed by atoms with Crippen molar-refractivity contribution in [2.45, 2.75) is 20.5 Å². The van der Waals surface area contributed by atoms with Gasteiger partial charge in [0.05, 0.1) is 22.2 Å². The average molecular weight is 459 g/mol. The van der Waals surface area contributed by atoms with E-state index in [2.05, 4.69) is 4.99 Å². The molecule has 0 N–H and O–H groups in total. The smallest absolute Gasteiger partial charge is 0.269 e. The van der Waals surface area contributed by atoms with E-state index in [1.165, 1.54) is 12.1 Å². The number of nitro benzene ring substituents is 1. The summed E-state index contributed by atoms with van der Waals surface area (Å²) in [6.45, 7) is 4.41. The SMILES string of the molecule is CCOc1cc(C=Nc2ccc(C)c(Cl)c2)cc(Cl)c1OCc1ccc([N+](=O)[O-])cc1. The van der Waals surface area contributed by atoms with Gasteiger partial charge in [-0.2, -0.15) is 0 Å². The van der Waals surface area contributed by atoms with E-state index in [4.69, 9.17) is 32.7 Å². The third kappa shape index (κ3) is 5.96. The molecule has 0 saturated heterocycles. The van der Waals surface area contributed by atoms with Crippen molar-refractivity contribution in [3.63, 3.8) is 0 Å². The molecule has 0 aromatic heterocycles. The quantitative estimate of drug-likeness (QED) is 0.208. The van der Waals surface area contributed by atoms with Crippen LogP contribution in [-0.2, 0) is 6.61 Å². The van der Waals surface area contributed by atoms with Gasteiger partial charge < -0.3 is 9.47 Å². The molecule has 3 aromatic carbocycles. The number of benzene rings is 3. The highest BCUT2D eigenvalue weighted by atomic mass is 35.5. The Labute approximate surface area is 190 Å². The molecule has 6 nitrogen and oxygen atoms in total. The fourth-order valence-electron chi connectivity index (χ4n) is 2.75. The highest BCUT2D eigenvalue weighted by molar-refractivity contribution is 6.32. The van der Waals surface area contributed by atoms with Crippen LogP contribution in [0.3, 0.4) is 0 Å². The van der Waals surface area contributed by atoms with Gasteiger partial charge >= 0.3 is 0 Å². The van der Waals surface area contributed by atoms with E-state index in [1.807, 2.05) is 26.0 Å². The lowest BCUT2D eigenvalue weighted by Crippen LogP contribution is -2.01. The molecule has 0 amide bonds. The number of halogens is 2. The molecule has 0 atom stereocenters. The van der Waals surface area contributed by atoms with Crippen molar-refractivity contribution in [3.05, 3.63) is 91.4 Å². The molecule has 8 heteroatoms. The third-order valence-corrected chi connectivity index (χ3v) is 5.07. The molecular weight excluding hydrogens is 439 g/mol. The zero-order chi connectivity index (χ0) is 22.4. The van der Waals surface area contributed by atoms with Crippen molar-refractivity contribution in [2.24, 2.45) is 4.99 Å². The van der Waals surface area contributed by atoms with Gasteiger partial charge in [-0.05, 0) is 66.9 Å². The maximum atomic E-state index is 10.8. The molecule has 0 bridgehead atoms. The second kappa shape index (κ2) is 10.3. The van der Waals surface area contributed by atoms with Crippen LogP contribution in [-0.4, -0.2) is 17.7 Å². The van der Waals surface area contributed by atoms with Gasteiger partial charge in [0.15, 0.2) is 11.5 Å². The largest absolute Gasteiger partial charge is 0.490 e. The third-order valence-electron chi connectivity index (χ3n) is 4.38. The van der Waals surface area contributed by atoms with Gasteiger partial charge in [-0.3, -0.25) is 15.1 Å². The minimum absolute atomic E-state index is 0.0234. The Morgan fingerprint density at radius 1 is 1.03 bits per heavy atom. The maximum Gasteiger partial charge on any atom is 0.269 e. The number of nitrogens with zero attached hydrogens (tertiary/aromatic N) is 2. The first kappa shape index (κ1) is 22.6. The van der Waals surface area contributed by atoms with Crippen molar-refractivity contribution >= 4 is 40.8 Å². The number of aliphatic imine (C=N–C) groups is 1. The summed E-state index contributed by atoms with van der Waals surface area (Å²) in [4.78, 5) is 14.8. The molecule has 0 aliphatic heterocycles. The lowest BCUT2D eigenvalue weighted by Gasteiger charge is -2.14. The summed E-state index contributed by atoms with van der Waals surface area (Å²) in [5, 5.41) is 11.8. The predicted octanol–water partition coefficient (Wildman–Crippen LogP) is 6.94. The van der Waals surface area contributed by atoms with Gasteiger partial charge in [-0.25, -0.2) is 0 Å². The van der Waals surface area contributed by atoms with E-state index in [9.17, 15) is 10.1 Å². The predicted molar refractivity (Wildman–Crippen MR) is 123 cm³/mol. The monoisotopic (exact) mass is 458 g/mol. The minimum Gasteiger partial charge on any atom is -0.490 e. The number of hydrogen-bond donors (Lipinski definition) is 0. The van der Waals surface area contributed by atoms with Crippen LogP contribution in [0.2, 0.25) is 10.0 Å². The molecule has 0 fully saturated rings. The van der Waals surface area contributed by atoms with Crippen LogP contribution in [0, 0.1) is 17.0 Å². The molecule has 3 rings (SSSR count). The molecule has 31 heavy (non-hydrogen) atoms. The van der Waals surface area contributed by atoms with E-state index in [1.54, 1.807) is 36.5 Å². The topological polar surface area (TPSA) is 74.0 Å². The van der Waals surface area contributed by atoms with Crippen LogP contribution in [0.15, 0.2) is 59.6 Å². The first-order valence-electron chi connectivity index (χ1n) is 9.50. The minimum atomic E-state index is -0.445. The molecule has 0 aliphatic rings. The zero-order valence-corrected chi connectivity index (χ0v) is 18.5. The molecule has 160 valence electrons.